The topological polar surface area (TPSA) is 78.9 Å². The van der Waals surface area contributed by atoms with E-state index >= 15 is 0 Å². The summed E-state index contributed by atoms with van der Waals surface area (Å²) in [6.07, 6.45) is 73.0. The van der Waals surface area contributed by atoms with Crippen molar-refractivity contribution in [3.63, 3.8) is 0 Å². The fourth-order valence-electron chi connectivity index (χ4n) is 9.02. The molecule has 0 aliphatic rings. The molecule has 0 saturated heterocycles. The zero-order valence-corrected chi connectivity index (χ0v) is 46.8. The van der Waals surface area contributed by atoms with Crippen LogP contribution in [-0.4, -0.2) is 37.2 Å². The normalized spacial score (nSPS) is 12.3. The molecule has 1 unspecified atom stereocenters. The van der Waals surface area contributed by atoms with Crippen molar-refractivity contribution in [1.82, 2.24) is 0 Å². The molecule has 0 radical (unpaired) electrons. The highest BCUT2D eigenvalue weighted by molar-refractivity contribution is 5.71. The van der Waals surface area contributed by atoms with Crippen LogP contribution >= 0.6 is 0 Å². The highest BCUT2D eigenvalue weighted by Crippen LogP contribution is 2.17. The summed E-state index contributed by atoms with van der Waals surface area (Å²) in [4.78, 5) is 37.9. The van der Waals surface area contributed by atoms with Gasteiger partial charge in [-0.3, -0.25) is 14.4 Å². The van der Waals surface area contributed by atoms with Crippen LogP contribution in [0.15, 0.2) is 48.6 Å². The van der Waals surface area contributed by atoms with E-state index in [0.29, 0.717) is 19.3 Å². The van der Waals surface area contributed by atoms with E-state index in [-0.39, 0.29) is 31.1 Å². The summed E-state index contributed by atoms with van der Waals surface area (Å²) in [6, 6.07) is 0. The first kappa shape index (κ1) is 67.4. The van der Waals surface area contributed by atoms with Crippen LogP contribution in [0.3, 0.4) is 0 Å². The second kappa shape index (κ2) is 58.9. The monoisotopic (exact) mass is 981 g/mol. The van der Waals surface area contributed by atoms with Crippen molar-refractivity contribution in [1.29, 1.82) is 0 Å². The smallest absolute Gasteiger partial charge is 0.306 e. The molecule has 0 bridgehead atoms. The zero-order chi connectivity index (χ0) is 50.7. The lowest BCUT2D eigenvalue weighted by molar-refractivity contribution is -0.167. The summed E-state index contributed by atoms with van der Waals surface area (Å²) in [5.41, 5.74) is 0. The predicted molar refractivity (Wildman–Crippen MR) is 302 cm³/mol. The van der Waals surface area contributed by atoms with E-state index in [2.05, 4.69) is 69.4 Å². The number of carbonyl (C=O) groups excluding carboxylic acids is 3. The quantitative estimate of drug-likeness (QED) is 0.0261. The largest absolute Gasteiger partial charge is 0.462 e. The van der Waals surface area contributed by atoms with Crippen molar-refractivity contribution in [2.45, 2.75) is 329 Å². The standard InChI is InChI=1S/C64H116O6/c1-4-7-10-13-16-18-20-22-24-26-27-28-29-30-31-32-33-34-35-36-37-39-40-42-44-46-48-51-54-57-63(66)69-60-61(59-68-62(65)56-53-50-15-12-9-6-3)70-64(67)58-55-52-49-47-45-43-41-38-25-23-21-19-17-14-11-8-5-2/h7,10,16,18,22,24,27-28,61H,4-6,8-9,11-15,17,19-21,23,25-26,29-60H2,1-3H3/b10-7-,18-16-,24-22-,28-27-. The Balaban J connectivity index is 4.01. The van der Waals surface area contributed by atoms with Gasteiger partial charge >= 0.3 is 17.9 Å². The molecule has 6 heteroatoms. The van der Waals surface area contributed by atoms with Gasteiger partial charge in [-0.05, 0) is 57.8 Å². The van der Waals surface area contributed by atoms with Crippen LogP contribution in [0.4, 0.5) is 0 Å². The van der Waals surface area contributed by atoms with Gasteiger partial charge in [0.25, 0.3) is 0 Å². The number of hydrogen-bond acceptors (Lipinski definition) is 6. The van der Waals surface area contributed by atoms with Crippen molar-refractivity contribution in [2.75, 3.05) is 13.2 Å². The van der Waals surface area contributed by atoms with Gasteiger partial charge in [-0.2, -0.15) is 0 Å². The number of rotatable bonds is 56. The van der Waals surface area contributed by atoms with Crippen LogP contribution in [-0.2, 0) is 28.6 Å². The van der Waals surface area contributed by atoms with Crippen LogP contribution in [0.1, 0.15) is 323 Å². The number of unbranched alkanes of at least 4 members (excludes halogenated alkanes) is 37. The molecule has 70 heavy (non-hydrogen) atoms. The summed E-state index contributed by atoms with van der Waals surface area (Å²) in [5.74, 6) is -0.859. The summed E-state index contributed by atoms with van der Waals surface area (Å²) >= 11 is 0. The van der Waals surface area contributed by atoms with E-state index in [9.17, 15) is 14.4 Å². The van der Waals surface area contributed by atoms with Crippen LogP contribution in [0, 0.1) is 0 Å². The van der Waals surface area contributed by atoms with Crippen molar-refractivity contribution >= 4 is 17.9 Å². The maximum atomic E-state index is 12.8. The second-order valence-corrected chi connectivity index (χ2v) is 20.6. The van der Waals surface area contributed by atoms with Crippen molar-refractivity contribution in [2.24, 2.45) is 0 Å². The summed E-state index contributed by atoms with van der Waals surface area (Å²) < 4.78 is 16.8. The van der Waals surface area contributed by atoms with Gasteiger partial charge in [-0.1, -0.05) is 294 Å². The Bertz CT molecular complexity index is 1220. The molecule has 0 aliphatic carbocycles. The van der Waals surface area contributed by atoms with E-state index in [4.69, 9.17) is 14.2 Å². The van der Waals surface area contributed by atoms with Crippen molar-refractivity contribution < 1.29 is 28.6 Å². The van der Waals surface area contributed by atoms with Gasteiger partial charge in [0.1, 0.15) is 13.2 Å². The van der Waals surface area contributed by atoms with Gasteiger partial charge in [0.15, 0.2) is 6.10 Å². The molecule has 6 nitrogen and oxygen atoms in total. The molecule has 0 aromatic heterocycles. The number of carbonyl (C=O) groups is 3. The van der Waals surface area contributed by atoms with Crippen molar-refractivity contribution in [3.05, 3.63) is 48.6 Å². The van der Waals surface area contributed by atoms with Gasteiger partial charge in [0, 0.05) is 19.3 Å². The SMILES string of the molecule is CC/C=C\C/C=C\C/C=C\C/C=C\CCCCCCCCCCCCCCCCCCC(=O)OCC(COC(=O)CCCCCCCC)OC(=O)CCCCCCCCCCCCCCCCCCC. The lowest BCUT2D eigenvalue weighted by atomic mass is 10.0. The summed E-state index contributed by atoms with van der Waals surface area (Å²) in [5, 5.41) is 0. The van der Waals surface area contributed by atoms with Gasteiger partial charge in [-0.25, -0.2) is 0 Å². The van der Waals surface area contributed by atoms with E-state index in [1.165, 1.54) is 199 Å². The molecule has 0 aromatic rings. The summed E-state index contributed by atoms with van der Waals surface area (Å²) in [6.45, 7) is 6.51. The first-order valence-corrected chi connectivity index (χ1v) is 30.6. The molecule has 1 atom stereocenters. The average Bonchev–Trinajstić information content (AvgIpc) is 3.36. The maximum Gasteiger partial charge on any atom is 0.306 e. The molecular weight excluding hydrogens is 865 g/mol. The third-order valence-corrected chi connectivity index (χ3v) is 13.6. The third-order valence-electron chi connectivity index (χ3n) is 13.6. The van der Waals surface area contributed by atoms with Crippen LogP contribution in [0.5, 0.6) is 0 Å². The Kier molecular flexibility index (Phi) is 56.7. The molecule has 0 amide bonds. The summed E-state index contributed by atoms with van der Waals surface area (Å²) in [7, 11) is 0. The van der Waals surface area contributed by atoms with Gasteiger partial charge < -0.3 is 14.2 Å². The number of esters is 3. The van der Waals surface area contributed by atoms with Crippen molar-refractivity contribution in [3.8, 4) is 0 Å². The number of ether oxygens (including phenoxy) is 3. The lowest BCUT2D eigenvalue weighted by Gasteiger charge is -2.18. The molecule has 0 spiro atoms. The molecule has 0 N–H and O–H groups in total. The minimum atomic E-state index is -0.765. The third kappa shape index (κ3) is 56.3. The van der Waals surface area contributed by atoms with E-state index in [1.807, 2.05) is 0 Å². The molecule has 0 heterocycles. The van der Waals surface area contributed by atoms with Crippen LogP contribution in [0.2, 0.25) is 0 Å². The fraction of sp³-hybridized carbons (Fsp3) is 0.828. The maximum absolute atomic E-state index is 12.8. The minimum Gasteiger partial charge on any atom is -0.462 e. The van der Waals surface area contributed by atoms with E-state index in [0.717, 1.165) is 83.5 Å². The Morgan fingerprint density at radius 2 is 0.557 bits per heavy atom. The minimum absolute atomic E-state index is 0.0678. The van der Waals surface area contributed by atoms with Gasteiger partial charge in [0.05, 0.1) is 0 Å². The molecule has 0 aliphatic heterocycles. The van der Waals surface area contributed by atoms with Crippen LogP contribution < -0.4 is 0 Å². The fourth-order valence-corrected chi connectivity index (χ4v) is 9.02. The predicted octanol–water partition coefficient (Wildman–Crippen LogP) is 20.6. The molecule has 408 valence electrons. The molecule has 0 aromatic carbocycles. The highest BCUT2D eigenvalue weighted by Gasteiger charge is 2.19. The molecule has 0 saturated carbocycles. The Hall–Kier alpha value is -2.63. The number of allylic oxidation sites excluding steroid dienone is 8. The molecule has 0 rings (SSSR count). The Morgan fingerprint density at radius 1 is 0.300 bits per heavy atom. The second-order valence-electron chi connectivity index (χ2n) is 20.6. The first-order valence-electron chi connectivity index (χ1n) is 30.6. The van der Waals surface area contributed by atoms with E-state index in [1.54, 1.807) is 0 Å². The molecule has 0 fully saturated rings. The zero-order valence-electron chi connectivity index (χ0n) is 46.8. The van der Waals surface area contributed by atoms with Crippen LogP contribution in [0.25, 0.3) is 0 Å². The average molecular weight is 982 g/mol. The lowest BCUT2D eigenvalue weighted by Crippen LogP contribution is -2.30. The Labute approximate surface area is 435 Å². The molecular formula is C64H116O6. The Morgan fingerprint density at radius 3 is 0.871 bits per heavy atom. The first-order chi connectivity index (χ1) is 34.5. The highest BCUT2D eigenvalue weighted by atomic mass is 16.6. The number of hydrogen-bond donors (Lipinski definition) is 0. The van der Waals surface area contributed by atoms with Gasteiger partial charge in [-0.15, -0.1) is 0 Å². The van der Waals surface area contributed by atoms with Gasteiger partial charge in [0.2, 0.25) is 0 Å². The van der Waals surface area contributed by atoms with E-state index < -0.39 is 6.10 Å².